The molecule has 4 atom stereocenters. The van der Waals surface area contributed by atoms with Crippen molar-refractivity contribution in [2.75, 3.05) is 26.4 Å². The largest absolute Gasteiger partial charge is 0.376 e. The third kappa shape index (κ3) is 3.12. The van der Waals surface area contributed by atoms with Gasteiger partial charge in [-0.25, -0.2) is 0 Å². The van der Waals surface area contributed by atoms with Crippen LogP contribution in [0.4, 0.5) is 0 Å². The van der Waals surface area contributed by atoms with E-state index in [0.29, 0.717) is 26.4 Å². The Morgan fingerprint density at radius 2 is 2.15 bits per heavy atom. The number of amides is 2. The van der Waals surface area contributed by atoms with Crippen LogP contribution in [0.1, 0.15) is 27.2 Å². The van der Waals surface area contributed by atoms with E-state index >= 15 is 0 Å². The maximum atomic E-state index is 12.6. The second-order valence-electron chi connectivity index (χ2n) is 5.61. The van der Waals surface area contributed by atoms with Gasteiger partial charge in [-0.2, -0.15) is 0 Å². The van der Waals surface area contributed by atoms with Crippen molar-refractivity contribution in [2.45, 2.75) is 45.4 Å². The molecule has 114 valence electrons. The van der Waals surface area contributed by atoms with E-state index in [9.17, 15) is 9.59 Å². The number of nitrogens with zero attached hydrogens (tertiary/aromatic N) is 1. The summed E-state index contributed by atoms with van der Waals surface area (Å²) in [6, 6.07) is -0.874. The molecule has 1 N–H and O–H groups in total. The number of hydrogen-bond acceptors (Lipinski definition) is 4. The van der Waals surface area contributed by atoms with Crippen LogP contribution < -0.4 is 5.32 Å². The molecule has 0 spiro atoms. The first kappa shape index (κ1) is 15.3. The van der Waals surface area contributed by atoms with Crippen molar-refractivity contribution in [1.82, 2.24) is 10.2 Å². The summed E-state index contributed by atoms with van der Waals surface area (Å²) in [4.78, 5) is 26.2. The highest BCUT2D eigenvalue weighted by molar-refractivity contribution is 5.96. The molecule has 0 saturated carbocycles. The molecular weight excluding hydrogens is 260 g/mol. The Hall–Kier alpha value is -1.14. The molecule has 4 unspecified atom stereocenters. The zero-order valence-electron chi connectivity index (χ0n) is 12.4. The average molecular weight is 284 g/mol. The number of piperazine rings is 1. The van der Waals surface area contributed by atoms with Crippen molar-refractivity contribution in [3.05, 3.63) is 0 Å². The number of carbonyl (C=O) groups is 2. The molecule has 2 amide bonds. The molecule has 2 fully saturated rings. The summed E-state index contributed by atoms with van der Waals surface area (Å²) < 4.78 is 10.9. The van der Waals surface area contributed by atoms with E-state index in [4.69, 9.17) is 9.47 Å². The van der Waals surface area contributed by atoms with Crippen molar-refractivity contribution in [3.63, 3.8) is 0 Å². The van der Waals surface area contributed by atoms with Crippen LogP contribution in [-0.4, -0.2) is 61.3 Å². The minimum Gasteiger partial charge on any atom is -0.376 e. The van der Waals surface area contributed by atoms with Crippen molar-refractivity contribution in [1.29, 1.82) is 0 Å². The summed E-state index contributed by atoms with van der Waals surface area (Å²) in [7, 11) is 0. The maximum absolute atomic E-state index is 12.6. The molecule has 2 aliphatic rings. The number of nitrogens with one attached hydrogen (secondary N) is 1. The summed E-state index contributed by atoms with van der Waals surface area (Å²) in [6.45, 7) is 7.79. The predicted octanol–water partition coefficient (Wildman–Crippen LogP) is 0.163. The molecule has 2 aliphatic heterocycles. The van der Waals surface area contributed by atoms with Crippen LogP contribution in [0.15, 0.2) is 0 Å². The second-order valence-corrected chi connectivity index (χ2v) is 5.61. The minimum atomic E-state index is -0.451. The summed E-state index contributed by atoms with van der Waals surface area (Å²) in [5.41, 5.74) is 0. The zero-order valence-corrected chi connectivity index (χ0v) is 12.4. The second kappa shape index (κ2) is 6.54. The van der Waals surface area contributed by atoms with Gasteiger partial charge in [-0.1, -0.05) is 20.3 Å². The average Bonchev–Trinajstić information content (AvgIpc) is 2.47. The van der Waals surface area contributed by atoms with Crippen molar-refractivity contribution < 1.29 is 19.1 Å². The Balaban J connectivity index is 2.07. The van der Waals surface area contributed by atoms with E-state index in [0.717, 1.165) is 6.42 Å². The SMILES string of the molecule is CCC(C)C1NC(=O)C(C)N(CC2COCCO2)C1=O. The fourth-order valence-corrected chi connectivity index (χ4v) is 2.58. The smallest absolute Gasteiger partial charge is 0.246 e. The first-order chi connectivity index (χ1) is 9.54. The highest BCUT2D eigenvalue weighted by Gasteiger charge is 2.41. The van der Waals surface area contributed by atoms with Crippen LogP contribution in [0.3, 0.4) is 0 Å². The van der Waals surface area contributed by atoms with E-state index in [-0.39, 0.29) is 23.8 Å². The number of ether oxygens (including phenoxy) is 2. The maximum Gasteiger partial charge on any atom is 0.246 e. The Bertz CT molecular complexity index is 368. The van der Waals surface area contributed by atoms with Crippen LogP contribution in [0.2, 0.25) is 0 Å². The van der Waals surface area contributed by atoms with Gasteiger partial charge in [0.15, 0.2) is 0 Å². The highest BCUT2D eigenvalue weighted by atomic mass is 16.6. The lowest BCUT2D eigenvalue weighted by molar-refractivity contribution is -0.156. The number of carbonyl (C=O) groups excluding carboxylic acids is 2. The predicted molar refractivity (Wildman–Crippen MR) is 73.1 cm³/mol. The molecule has 20 heavy (non-hydrogen) atoms. The molecule has 0 aromatic rings. The topological polar surface area (TPSA) is 67.9 Å². The van der Waals surface area contributed by atoms with E-state index in [1.54, 1.807) is 11.8 Å². The fourth-order valence-electron chi connectivity index (χ4n) is 2.58. The van der Waals surface area contributed by atoms with Gasteiger partial charge in [-0.05, 0) is 12.8 Å². The van der Waals surface area contributed by atoms with E-state index in [1.807, 2.05) is 13.8 Å². The Morgan fingerprint density at radius 1 is 1.40 bits per heavy atom. The van der Waals surface area contributed by atoms with Crippen molar-refractivity contribution in [2.24, 2.45) is 5.92 Å². The molecule has 6 nitrogen and oxygen atoms in total. The van der Waals surface area contributed by atoms with Gasteiger partial charge in [0, 0.05) is 0 Å². The van der Waals surface area contributed by atoms with Crippen LogP contribution in [-0.2, 0) is 19.1 Å². The van der Waals surface area contributed by atoms with Gasteiger partial charge in [-0.15, -0.1) is 0 Å². The van der Waals surface area contributed by atoms with E-state index < -0.39 is 12.1 Å². The minimum absolute atomic E-state index is 0.0133. The Kier molecular flexibility index (Phi) is 4.99. The van der Waals surface area contributed by atoms with Crippen LogP contribution in [0, 0.1) is 5.92 Å². The van der Waals surface area contributed by atoms with Gasteiger partial charge in [-0.3, -0.25) is 9.59 Å². The molecule has 6 heteroatoms. The van der Waals surface area contributed by atoms with Gasteiger partial charge in [0.1, 0.15) is 12.1 Å². The Labute approximate surface area is 119 Å². The van der Waals surface area contributed by atoms with Gasteiger partial charge < -0.3 is 19.7 Å². The van der Waals surface area contributed by atoms with Crippen LogP contribution >= 0.6 is 0 Å². The number of rotatable bonds is 4. The highest BCUT2D eigenvalue weighted by Crippen LogP contribution is 2.19. The molecule has 0 aromatic heterocycles. The monoisotopic (exact) mass is 284 g/mol. The lowest BCUT2D eigenvalue weighted by atomic mass is 9.94. The molecule has 0 aromatic carbocycles. The summed E-state index contributed by atoms with van der Waals surface area (Å²) in [5, 5.41) is 2.83. The zero-order chi connectivity index (χ0) is 14.7. The van der Waals surface area contributed by atoms with Gasteiger partial charge in [0.2, 0.25) is 11.8 Å². The lowest BCUT2D eigenvalue weighted by Gasteiger charge is -2.41. The molecule has 0 radical (unpaired) electrons. The van der Waals surface area contributed by atoms with Crippen LogP contribution in [0.5, 0.6) is 0 Å². The molecule has 0 bridgehead atoms. The molecule has 2 heterocycles. The van der Waals surface area contributed by atoms with Crippen molar-refractivity contribution >= 4 is 11.8 Å². The number of hydrogen-bond donors (Lipinski definition) is 1. The first-order valence-corrected chi connectivity index (χ1v) is 7.34. The van der Waals surface area contributed by atoms with E-state index in [1.165, 1.54) is 0 Å². The van der Waals surface area contributed by atoms with Gasteiger partial charge in [0.25, 0.3) is 0 Å². The lowest BCUT2D eigenvalue weighted by Crippen LogP contribution is -2.65. The van der Waals surface area contributed by atoms with Gasteiger partial charge in [0.05, 0.1) is 32.5 Å². The molecule has 2 saturated heterocycles. The third-order valence-electron chi connectivity index (χ3n) is 4.19. The van der Waals surface area contributed by atoms with Crippen molar-refractivity contribution in [3.8, 4) is 0 Å². The standard InChI is InChI=1S/C14H24N2O4/c1-4-9(2)12-14(18)16(10(3)13(17)15-12)7-11-8-19-5-6-20-11/h9-12H,4-8H2,1-3H3,(H,15,17). The van der Waals surface area contributed by atoms with Crippen LogP contribution in [0.25, 0.3) is 0 Å². The summed E-state index contributed by atoms with van der Waals surface area (Å²) in [5.74, 6) is 0.0252. The normalized spacial score (nSPS) is 33.0. The summed E-state index contributed by atoms with van der Waals surface area (Å²) >= 11 is 0. The van der Waals surface area contributed by atoms with Gasteiger partial charge >= 0.3 is 0 Å². The summed E-state index contributed by atoms with van der Waals surface area (Å²) in [6.07, 6.45) is 0.709. The van der Waals surface area contributed by atoms with E-state index in [2.05, 4.69) is 5.32 Å². The quantitative estimate of drug-likeness (QED) is 0.799. The molecule has 0 aliphatic carbocycles. The molecule has 2 rings (SSSR count). The first-order valence-electron chi connectivity index (χ1n) is 7.34. The fraction of sp³-hybridized carbons (Fsp3) is 0.857. The Morgan fingerprint density at radius 3 is 2.75 bits per heavy atom. The molecular formula is C14H24N2O4. The third-order valence-corrected chi connectivity index (χ3v) is 4.19.